The molecule has 1 rings (SSSR count). The highest BCUT2D eigenvalue weighted by Crippen LogP contribution is 2.29. The lowest BCUT2D eigenvalue weighted by Crippen LogP contribution is -2.12. The summed E-state index contributed by atoms with van der Waals surface area (Å²) in [6, 6.07) is 2.71. The minimum Gasteiger partial charge on any atom is -0.387 e. The molecule has 1 N–H and O–H groups in total. The molecule has 0 aromatic heterocycles. The normalized spacial score (nSPS) is 14.2. The summed E-state index contributed by atoms with van der Waals surface area (Å²) >= 11 is 0. The van der Waals surface area contributed by atoms with E-state index in [-0.39, 0.29) is 5.56 Å². The van der Waals surface area contributed by atoms with E-state index in [0.717, 1.165) is 23.1 Å². The van der Waals surface area contributed by atoms with Crippen molar-refractivity contribution in [2.24, 2.45) is 0 Å². The lowest BCUT2D eigenvalue weighted by atomic mass is 9.95. The van der Waals surface area contributed by atoms with Gasteiger partial charge in [0.1, 0.15) is 11.6 Å². The molecule has 0 amide bonds. The summed E-state index contributed by atoms with van der Waals surface area (Å²) in [5, 5.41) is 3.00. The van der Waals surface area contributed by atoms with Gasteiger partial charge in [0.05, 0.1) is 11.3 Å². The van der Waals surface area contributed by atoms with Crippen LogP contribution in [-0.2, 0) is 0 Å². The quantitative estimate of drug-likeness (QED) is 0.623. The first-order valence-corrected chi connectivity index (χ1v) is 8.24. The number of hydrogen-bond acceptors (Lipinski definition) is 1. The Morgan fingerprint density at radius 2 is 1.75 bits per heavy atom. The van der Waals surface area contributed by atoms with Gasteiger partial charge in [-0.25, -0.2) is 8.78 Å². The summed E-state index contributed by atoms with van der Waals surface area (Å²) in [6.45, 7) is 9.58. The third kappa shape index (κ3) is 4.67. The molecule has 0 heterocycles. The predicted molar refractivity (Wildman–Crippen MR) is 99.7 cm³/mol. The molecule has 0 radical (unpaired) electrons. The van der Waals surface area contributed by atoms with Gasteiger partial charge >= 0.3 is 0 Å². The Morgan fingerprint density at radius 1 is 1.17 bits per heavy atom. The highest BCUT2D eigenvalue weighted by atomic mass is 19.1. The maximum absolute atomic E-state index is 14.5. The molecule has 24 heavy (non-hydrogen) atoms. The lowest BCUT2D eigenvalue weighted by Gasteiger charge is -2.17. The summed E-state index contributed by atoms with van der Waals surface area (Å²) < 4.78 is 29.0. The van der Waals surface area contributed by atoms with E-state index < -0.39 is 11.6 Å². The van der Waals surface area contributed by atoms with Crippen molar-refractivity contribution in [1.29, 1.82) is 0 Å². The summed E-state index contributed by atoms with van der Waals surface area (Å²) in [5.41, 5.74) is 3.81. The van der Waals surface area contributed by atoms with Gasteiger partial charge in [0.25, 0.3) is 0 Å². The number of aryl methyl sites for hydroxylation is 1. The van der Waals surface area contributed by atoms with E-state index in [2.05, 4.69) is 12.2 Å². The predicted octanol–water partition coefficient (Wildman–Crippen LogP) is 6.08. The van der Waals surface area contributed by atoms with Gasteiger partial charge in [0.2, 0.25) is 0 Å². The number of hydrogen-bond donors (Lipinski definition) is 1. The molecule has 0 fully saturated rings. The first-order chi connectivity index (χ1) is 11.4. The van der Waals surface area contributed by atoms with Crippen molar-refractivity contribution in [2.45, 2.75) is 41.0 Å². The first-order valence-electron chi connectivity index (χ1n) is 8.24. The zero-order chi connectivity index (χ0) is 18.3. The molecule has 0 spiro atoms. The summed E-state index contributed by atoms with van der Waals surface area (Å²) in [5.74, 6) is -1.12. The summed E-state index contributed by atoms with van der Waals surface area (Å²) in [6.07, 6.45) is 8.65. The molecule has 1 nitrogen and oxygen atoms in total. The fraction of sp³-hybridized carbons (Fsp3) is 0.333. The van der Waals surface area contributed by atoms with Crippen LogP contribution >= 0.6 is 0 Å². The van der Waals surface area contributed by atoms with Gasteiger partial charge in [0.15, 0.2) is 0 Å². The zero-order valence-electron chi connectivity index (χ0n) is 15.4. The maximum atomic E-state index is 14.5. The Morgan fingerprint density at radius 3 is 2.17 bits per heavy atom. The average molecular weight is 331 g/mol. The van der Waals surface area contributed by atoms with Crippen LogP contribution in [0.5, 0.6) is 0 Å². The minimum absolute atomic E-state index is 0.0258. The van der Waals surface area contributed by atoms with Crippen molar-refractivity contribution in [2.75, 3.05) is 7.05 Å². The molecule has 0 saturated carbocycles. The van der Waals surface area contributed by atoms with Crippen LogP contribution in [0.25, 0.3) is 5.70 Å². The molecule has 0 unspecified atom stereocenters. The van der Waals surface area contributed by atoms with Crippen molar-refractivity contribution in [3.8, 4) is 0 Å². The largest absolute Gasteiger partial charge is 0.387 e. The monoisotopic (exact) mass is 331 g/mol. The van der Waals surface area contributed by atoms with E-state index in [9.17, 15) is 8.78 Å². The Hall–Kier alpha value is -2.16. The number of rotatable bonds is 6. The van der Waals surface area contributed by atoms with E-state index in [0.29, 0.717) is 11.3 Å². The van der Waals surface area contributed by atoms with E-state index in [1.807, 2.05) is 45.1 Å². The van der Waals surface area contributed by atoms with Crippen molar-refractivity contribution in [3.05, 3.63) is 75.9 Å². The topological polar surface area (TPSA) is 12.0 Å². The van der Waals surface area contributed by atoms with Crippen LogP contribution in [0.3, 0.4) is 0 Å². The molecule has 0 aliphatic rings. The zero-order valence-corrected chi connectivity index (χ0v) is 15.4. The Bertz CT molecular complexity index is 684. The molecular formula is C21H27F2N. The minimum atomic E-state index is -0.562. The van der Waals surface area contributed by atoms with Crippen LogP contribution in [0.15, 0.2) is 53.2 Å². The Labute approximate surface area is 144 Å². The molecule has 1 aromatic rings. The molecule has 0 atom stereocenters. The van der Waals surface area contributed by atoms with Gasteiger partial charge in [-0.05, 0) is 57.4 Å². The summed E-state index contributed by atoms with van der Waals surface area (Å²) in [7, 11) is 1.69. The second-order valence-corrected chi connectivity index (χ2v) is 5.73. The molecule has 0 saturated heterocycles. The van der Waals surface area contributed by atoms with Gasteiger partial charge in [-0.1, -0.05) is 36.8 Å². The molecule has 0 aliphatic carbocycles. The standard InChI is InChI=1S/C21H27F2N/c1-7-10-16(9-3)17(11-14(4)8-2)21(24-6)20-18(22)12-15(5)13-19(20)23/h7,9-13,24H,8H2,1-6H3/b10-7-,14-11-,16-9+,21-17-. The van der Waals surface area contributed by atoms with Crippen LogP contribution in [0.2, 0.25) is 0 Å². The average Bonchev–Trinajstić information content (AvgIpc) is 2.54. The number of halogens is 2. The second kappa shape index (κ2) is 9.21. The fourth-order valence-electron chi connectivity index (χ4n) is 2.50. The number of allylic oxidation sites excluding steroid dienone is 7. The Kier molecular flexibility index (Phi) is 7.63. The van der Waals surface area contributed by atoms with Crippen LogP contribution < -0.4 is 5.32 Å². The Balaban J connectivity index is 3.83. The van der Waals surface area contributed by atoms with E-state index >= 15 is 0 Å². The van der Waals surface area contributed by atoms with E-state index in [4.69, 9.17) is 0 Å². The molecule has 130 valence electrons. The third-order valence-electron chi connectivity index (χ3n) is 3.87. The molecule has 3 heteroatoms. The highest BCUT2D eigenvalue weighted by molar-refractivity contribution is 5.76. The van der Waals surface area contributed by atoms with Crippen molar-refractivity contribution >= 4 is 5.70 Å². The third-order valence-corrected chi connectivity index (χ3v) is 3.87. The lowest BCUT2D eigenvalue weighted by molar-refractivity contribution is 0.573. The molecule has 0 bridgehead atoms. The van der Waals surface area contributed by atoms with E-state index in [1.54, 1.807) is 14.0 Å². The van der Waals surface area contributed by atoms with Gasteiger partial charge in [-0.3, -0.25) is 0 Å². The number of nitrogens with one attached hydrogen (secondary N) is 1. The van der Waals surface area contributed by atoms with Crippen LogP contribution in [0, 0.1) is 18.6 Å². The van der Waals surface area contributed by atoms with Gasteiger partial charge in [0, 0.05) is 12.6 Å². The number of benzene rings is 1. The van der Waals surface area contributed by atoms with Crippen LogP contribution in [0.4, 0.5) is 8.78 Å². The van der Waals surface area contributed by atoms with Gasteiger partial charge in [-0.15, -0.1) is 0 Å². The molecule has 1 aromatic carbocycles. The SMILES string of the molecule is C\C=C/C(=C\C)C(/C=C(/C)CC)=C(\NC)c1c(F)cc(C)cc1F. The summed E-state index contributed by atoms with van der Waals surface area (Å²) in [4.78, 5) is 0. The van der Waals surface area contributed by atoms with E-state index in [1.165, 1.54) is 12.1 Å². The molecule has 0 aliphatic heterocycles. The highest BCUT2D eigenvalue weighted by Gasteiger charge is 2.18. The van der Waals surface area contributed by atoms with Crippen LogP contribution in [0.1, 0.15) is 45.2 Å². The van der Waals surface area contributed by atoms with Crippen molar-refractivity contribution in [3.63, 3.8) is 0 Å². The molecular weight excluding hydrogens is 304 g/mol. The maximum Gasteiger partial charge on any atom is 0.135 e. The second-order valence-electron chi connectivity index (χ2n) is 5.73. The van der Waals surface area contributed by atoms with Gasteiger partial charge in [-0.2, -0.15) is 0 Å². The fourth-order valence-corrected chi connectivity index (χ4v) is 2.50. The van der Waals surface area contributed by atoms with Crippen molar-refractivity contribution < 1.29 is 8.78 Å². The first kappa shape index (κ1) is 19.9. The van der Waals surface area contributed by atoms with Gasteiger partial charge < -0.3 is 5.32 Å². The smallest absolute Gasteiger partial charge is 0.135 e. The van der Waals surface area contributed by atoms with Crippen LogP contribution in [-0.4, -0.2) is 7.05 Å². The van der Waals surface area contributed by atoms with Crippen molar-refractivity contribution in [1.82, 2.24) is 5.32 Å².